The summed E-state index contributed by atoms with van der Waals surface area (Å²) in [4.78, 5) is 13.4. The number of alkyl halides is 3. The number of nitrogens with one attached hydrogen (secondary N) is 2. The second kappa shape index (κ2) is 9.84. The third kappa shape index (κ3) is 6.72. The van der Waals surface area contributed by atoms with Crippen LogP contribution in [0, 0.1) is 0 Å². The fraction of sp³-hybridized carbons (Fsp3) is 0.562. The lowest BCUT2D eigenvalue weighted by atomic mass is 10.2. The Kier molecular flexibility index (Phi) is 8.47. The van der Waals surface area contributed by atoms with E-state index in [9.17, 15) is 18.0 Å². The molecule has 0 spiro atoms. The maximum absolute atomic E-state index is 13.3. The summed E-state index contributed by atoms with van der Waals surface area (Å²) in [5.41, 5.74) is 0. The van der Waals surface area contributed by atoms with Crippen molar-refractivity contribution in [1.82, 2.24) is 15.5 Å². The van der Waals surface area contributed by atoms with Gasteiger partial charge >= 0.3 is 6.18 Å². The highest BCUT2D eigenvalue weighted by Crippen LogP contribution is 2.24. The van der Waals surface area contributed by atoms with Gasteiger partial charge in [-0.15, -0.1) is 12.4 Å². The van der Waals surface area contributed by atoms with E-state index in [0.29, 0.717) is 31.9 Å². The highest BCUT2D eigenvalue weighted by molar-refractivity contribution is 5.85. The molecule has 0 aliphatic carbocycles. The zero-order chi connectivity index (χ0) is 17.6. The zero-order valence-corrected chi connectivity index (χ0v) is 14.7. The molecule has 2 rings (SSSR count). The molecule has 9 heteroatoms. The monoisotopic (exact) mass is 381 g/mol. The Labute approximate surface area is 151 Å². The first-order valence-electron chi connectivity index (χ1n) is 7.89. The Morgan fingerprint density at radius 1 is 1.28 bits per heavy atom. The van der Waals surface area contributed by atoms with Gasteiger partial charge in [-0.1, -0.05) is 18.2 Å². The summed E-state index contributed by atoms with van der Waals surface area (Å²) in [5.74, 6) is -0.0714. The van der Waals surface area contributed by atoms with Crippen LogP contribution in [0.2, 0.25) is 0 Å². The largest absolute Gasteiger partial charge is 0.481 e. The minimum Gasteiger partial charge on any atom is -0.481 e. The average molecular weight is 382 g/mol. The van der Waals surface area contributed by atoms with E-state index >= 15 is 0 Å². The van der Waals surface area contributed by atoms with Crippen molar-refractivity contribution in [3.63, 3.8) is 0 Å². The molecule has 0 saturated carbocycles. The van der Waals surface area contributed by atoms with E-state index in [4.69, 9.17) is 4.74 Å². The summed E-state index contributed by atoms with van der Waals surface area (Å²) < 4.78 is 45.2. The lowest BCUT2D eigenvalue weighted by molar-refractivity contribution is -0.184. The fourth-order valence-corrected chi connectivity index (χ4v) is 2.54. The number of hydrogen-bond donors (Lipinski definition) is 2. The third-order valence-corrected chi connectivity index (χ3v) is 3.87. The van der Waals surface area contributed by atoms with Gasteiger partial charge in [-0.2, -0.15) is 13.2 Å². The van der Waals surface area contributed by atoms with Gasteiger partial charge in [0.15, 0.2) is 6.10 Å². The normalized spacial score (nSPS) is 17.9. The number of benzene rings is 1. The molecule has 5 nitrogen and oxygen atoms in total. The van der Waals surface area contributed by atoms with Gasteiger partial charge in [-0.3, -0.25) is 9.69 Å². The van der Waals surface area contributed by atoms with Crippen molar-refractivity contribution in [2.75, 3.05) is 32.7 Å². The van der Waals surface area contributed by atoms with E-state index in [-0.39, 0.29) is 12.4 Å². The zero-order valence-electron chi connectivity index (χ0n) is 13.9. The smallest absolute Gasteiger partial charge is 0.405 e. The molecular weight excluding hydrogens is 359 g/mol. The van der Waals surface area contributed by atoms with Crippen LogP contribution in [0.15, 0.2) is 30.3 Å². The number of nitrogens with zero attached hydrogens (tertiary/aromatic N) is 1. The average Bonchev–Trinajstić information content (AvgIpc) is 2.55. The Bertz CT molecular complexity index is 525. The van der Waals surface area contributed by atoms with Crippen LogP contribution in [0.5, 0.6) is 5.75 Å². The summed E-state index contributed by atoms with van der Waals surface area (Å²) in [6, 6.07) is 6.99. The lowest BCUT2D eigenvalue weighted by Crippen LogP contribution is -2.58. The number of rotatable bonds is 6. The summed E-state index contributed by atoms with van der Waals surface area (Å²) >= 11 is 0. The van der Waals surface area contributed by atoms with E-state index in [1.807, 2.05) is 0 Å². The second-order valence-corrected chi connectivity index (χ2v) is 5.66. The molecule has 142 valence electrons. The molecule has 0 aromatic heterocycles. The predicted molar refractivity (Wildman–Crippen MR) is 91.1 cm³/mol. The van der Waals surface area contributed by atoms with Gasteiger partial charge in [0.2, 0.25) is 0 Å². The van der Waals surface area contributed by atoms with Gasteiger partial charge in [0, 0.05) is 32.7 Å². The van der Waals surface area contributed by atoms with Gasteiger partial charge in [-0.25, -0.2) is 0 Å². The quantitative estimate of drug-likeness (QED) is 0.789. The molecule has 1 amide bonds. The third-order valence-electron chi connectivity index (χ3n) is 3.87. The summed E-state index contributed by atoms with van der Waals surface area (Å²) in [6.45, 7) is 2.65. The molecule has 25 heavy (non-hydrogen) atoms. The Morgan fingerprint density at radius 2 is 1.88 bits per heavy atom. The van der Waals surface area contributed by atoms with Crippen LogP contribution < -0.4 is 15.4 Å². The lowest BCUT2D eigenvalue weighted by Gasteiger charge is -2.36. The highest BCUT2D eigenvalue weighted by atomic mass is 35.5. The Morgan fingerprint density at radius 3 is 2.44 bits per heavy atom. The molecule has 1 fully saturated rings. The standard InChI is InChI=1S/C16H22F3N3O2.ClH/c1-12(24-13-5-3-2-4-6-13)15(23)21-11-14(16(17,18)19)22-9-7-20-8-10-22;/h2-6,12,14,20H,7-11H2,1H3,(H,21,23);1H. The Hall–Kier alpha value is -1.51. The van der Waals surface area contributed by atoms with E-state index < -0.39 is 30.8 Å². The molecule has 0 bridgehead atoms. The number of halogens is 4. The van der Waals surface area contributed by atoms with Gasteiger partial charge in [0.05, 0.1) is 0 Å². The number of hydrogen-bond acceptors (Lipinski definition) is 4. The molecule has 1 aromatic rings. The summed E-state index contributed by atoms with van der Waals surface area (Å²) in [5, 5.41) is 5.38. The van der Waals surface area contributed by atoms with Crippen LogP contribution in [0.4, 0.5) is 13.2 Å². The van der Waals surface area contributed by atoms with Crippen molar-refractivity contribution in [2.45, 2.75) is 25.2 Å². The number of amides is 1. The van der Waals surface area contributed by atoms with Gasteiger partial charge in [0.1, 0.15) is 11.8 Å². The first-order valence-corrected chi connectivity index (χ1v) is 7.89. The summed E-state index contributed by atoms with van der Waals surface area (Å²) in [7, 11) is 0. The maximum atomic E-state index is 13.3. The van der Waals surface area contributed by atoms with Crippen molar-refractivity contribution in [3.05, 3.63) is 30.3 Å². The molecule has 2 N–H and O–H groups in total. The van der Waals surface area contributed by atoms with E-state index in [1.54, 1.807) is 30.3 Å². The number of carbonyl (C=O) groups is 1. The molecule has 1 aromatic carbocycles. The molecule has 0 radical (unpaired) electrons. The van der Waals surface area contributed by atoms with Gasteiger partial charge in [0.25, 0.3) is 5.91 Å². The molecule has 2 unspecified atom stereocenters. The maximum Gasteiger partial charge on any atom is 0.405 e. The van der Waals surface area contributed by atoms with Crippen molar-refractivity contribution in [1.29, 1.82) is 0 Å². The number of piperazine rings is 1. The molecular formula is C16H23ClF3N3O2. The van der Waals surface area contributed by atoms with Crippen LogP contribution in [0.3, 0.4) is 0 Å². The van der Waals surface area contributed by atoms with Crippen LogP contribution in [-0.2, 0) is 4.79 Å². The number of ether oxygens (including phenoxy) is 1. The molecule has 1 heterocycles. The van der Waals surface area contributed by atoms with E-state index in [1.165, 1.54) is 11.8 Å². The summed E-state index contributed by atoms with van der Waals surface area (Å²) in [6.07, 6.45) is -5.27. The van der Waals surface area contributed by atoms with Crippen LogP contribution in [0.25, 0.3) is 0 Å². The first kappa shape index (κ1) is 21.5. The molecule has 2 atom stereocenters. The molecule has 1 aliphatic heterocycles. The fourth-order valence-electron chi connectivity index (χ4n) is 2.54. The molecule has 1 aliphatic rings. The molecule has 1 saturated heterocycles. The highest BCUT2D eigenvalue weighted by Gasteiger charge is 2.44. The van der Waals surface area contributed by atoms with E-state index in [2.05, 4.69) is 10.6 Å². The van der Waals surface area contributed by atoms with Gasteiger partial charge in [-0.05, 0) is 19.1 Å². The van der Waals surface area contributed by atoms with Crippen molar-refractivity contribution < 1.29 is 22.7 Å². The van der Waals surface area contributed by atoms with Crippen molar-refractivity contribution >= 4 is 18.3 Å². The predicted octanol–water partition coefficient (Wildman–Crippen LogP) is 1.83. The Balaban J connectivity index is 0.00000312. The van der Waals surface area contributed by atoms with Crippen molar-refractivity contribution in [2.24, 2.45) is 0 Å². The van der Waals surface area contributed by atoms with Crippen LogP contribution in [0.1, 0.15) is 6.92 Å². The SMILES string of the molecule is CC(Oc1ccccc1)C(=O)NCC(N1CCNCC1)C(F)(F)F.Cl. The minimum absolute atomic E-state index is 0. The van der Waals surface area contributed by atoms with E-state index in [0.717, 1.165) is 0 Å². The first-order chi connectivity index (χ1) is 11.4. The minimum atomic E-state index is -4.39. The number of carbonyl (C=O) groups excluding carboxylic acids is 1. The van der Waals surface area contributed by atoms with Crippen LogP contribution in [-0.4, -0.2) is 61.9 Å². The van der Waals surface area contributed by atoms with Crippen LogP contribution >= 0.6 is 12.4 Å². The van der Waals surface area contributed by atoms with Crippen molar-refractivity contribution in [3.8, 4) is 5.75 Å². The second-order valence-electron chi connectivity index (χ2n) is 5.66. The van der Waals surface area contributed by atoms with Gasteiger partial charge < -0.3 is 15.4 Å². The number of para-hydroxylation sites is 1. The topological polar surface area (TPSA) is 53.6 Å².